The Bertz CT molecular complexity index is 845. The number of allylic oxidation sites excluding steroid dienone is 1. The first kappa shape index (κ1) is 13.9. The number of fused-ring (bicyclic) bond motifs is 1. The van der Waals surface area contributed by atoms with E-state index in [1.54, 1.807) is 11.3 Å². The summed E-state index contributed by atoms with van der Waals surface area (Å²) in [5.74, 6) is 0. The van der Waals surface area contributed by atoms with Gasteiger partial charge in [0, 0.05) is 11.9 Å². The molecular weight excluding hydrogens is 298 g/mol. The average molecular weight is 312 g/mol. The molecule has 3 aromatic rings. The van der Waals surface area contributed by atoms with Crippen LogP contribution in [0.15, 0.2) is 36.4 Å². The Morgan fingerprint density at radius 1 is 1.09 bits per heavy atom. The first-order valence-corrected chi connectivity index (χ1v) is 8.41. The number of hydrogen-bond donors (Lipinski definition) is 0. The monoisotopic (exact) mass is 312 g/mol. The van der Waals surface area contributed by atoms with Crippen molar-refractivity contribution in [2.24, 2.45) is 0 Å². The highest BCUT2D eigenvalue weighted by Gasteiger charge is 2.14. The Labute approximate surface area is 141 Å². The minimum atomic E-state index is 0.826. The normalized spacial score (nSPS) is 12.2. The van der Waals surface area contributed by atoms with Crippen molar-refractivity contribution in [2.45, 2.75) is 12.8 Å². The van der Waals surface area contributed by atoms with E-state index in [1.807, 2.05) is 7.05 Å². The lowest BCUT2D eigenvalue weighted by Gasteiger charge is -2.15. The summed E-state index contributed by atoms with van der Waals surface area (Å²) in [6, 6.07) is 25.3. The van der Waals surface area contributed by atoms with Crippen LogP contribution in [0.3, 0.4) is 0 Å². The summed E-state index contributed by atoms with van der Waals surface area (Å²) in [6.45, 7) is 0. The van der Waals surface area contributed by atoms with E-state index < -0.39 is 0 Å². The molecule has 0 bridgehead atoms. The number of thiophene rings is 1. The number of anilines is 2. The molecule has 1 radical (unpaired) electrons. The van der Waals surface area contributed by atoms with E-state index in [-0.39, 0.29) is 0 Å². The van der Waals surface area contributed by atoms with Crippen LogP contribution in [0, 0.1) is 30.3 Å². The van der Waals surface area contributed by atoms with E-state index in [2.05, 4.69) is 77.7 Å². The summed E-state index contributed by atoms with van der Waals surface area (Å²) in [7, 11) is 2.01. The third-order valence-electron chi connectivity index (χ3n) is 4.07. The topological polar surface area (TPSA) is 3.24 Å². The van der Waals surface area contributed by atoms with Crippen LogP contribution in [0.1, 0.15) is 17.5 Å². The number of nitrogens with zero attached hydrogens (tertiary/aromatic N) is 1. The zero-order valence-corrected chi connectivity index (χ0v) is 13.6. The Morgan fingerprint density at radius 2 is 2.04 bits per heavy atom. The van der Waals surface area contributed by atoms with Crippen LogP contribution in [-0.2, 0) is 6.42 Å². The lowest BCUT2D eigenvalue weighted by atomic mass is 9.93. The van der Waals surface area contributed by atoms with Gasteiger partial charge in [0.05, 0.1) is 11.1 Å². The Hall–Kier alpha value is -2.68. The van der Waals surface area contributed by atoms with Crippen molar-refractivity contribution < 1.29 is 0 Å². The maximum absolute atomic E-state index is 3.02. The third-order valence-corrected chi connectivity index (χ3v) is 5.27. The van der Waals surface area contributed by atoms with E-state index in [0.717, 1.165) is 23.5 Å². The van der Waals surface area contributed by atoms with Gasteiger partial charge in [0.15, 0.2) is 0 Å². The molecule has 0 spiro atoms. The summed E-state index contributed by atoms with van der Waals surface area (Å²) in [5.41, 5.74) is 4.95. The zero-order valence-electron chi connectivity index (χ0n) is 12.8. The molecule has 0 amide bonds. The van der Waals surface area contributed by atoms with E-state index in [4.69, 9.17) is 0 Å². The van der Waals surface area contributed by atoms with Crippen LogP contribution in [0.5, 0.6) is 0 Å². The molecule has 109 valence electrons. The Balaban J connectivity index is 1.71. The molecule has 1 aromatic heterocycles. The third kappa shape index (κ3) is 2.59. The fraction of sp³-hybridized carbons (Fsp3) is 0.143. The van der Waals surface area contributed by atoms with Gasteiger partial charge in [-0.05, 0) is 65.9 Å². The largest absolute Gasteiger partial charge is 0.328 e. The maximum atomic E-state index is 3.02. The zero-order chi connectivity index (χ0) is 15.6. The van der Waals surface area contributed by atoms with E-state index in [0.29, 0.717) is 0 Å². The van der Waals surface area contributed by atoms with Gasteiger partial charge in [-0.3, -0.25) is 0 Å². The summed E-state index contributed by atoms with van der Waals surface area (Å²) in [6.07, 6.45) is 6.80. The van der Waals surface area contributed by atoms with Gasteiger partial charge in [-0.2, -0.15) is 0 Å². The molecule has 0 atom stereocenters. The van der Waals surface area contributed by atoms with Crippen LogP contribution in [0.4, 0.5) is 10.7 Å². The molecule has 0 fully saturated rings. The predicted molar refractivity (Wildman–Crippen MR) is 95.8 cm³/mol. The molecule has 2 heteroatoms. The standard InChI is InChI=1S/C21H14NS/c1-22(17-10-3-2-4-11-17)21-15-14-20(23-21)19-13-7-9-16-8-5-6-12-18(16)19/h6-7,9,12-15H,5,8H2,1H3. The second-order valence-corrected chi connectivity index (χ2v) is 6.55. The number of benzene rings is 1. The van der Waals surface area contributed by atoms with E-state index in [1.165, 1.54) is 21.6 Å². The van der Waals surface area contributed by atoms with Crippen molar-refractivity contribution >= 4 is 28.1 Å². The summed E-state index contributed by atoms with van der Waals surface area (Å²) in [4.78, 5) is 3.34. The van der Waals surface area contributed by atoms with Gasteiger partial charge in [0.25, 0.3) is 0 Å². The molecular formula is C21H14NS. The van der Waals surface area contributed by atoms with Crippen molar-refractivity contribution in [1.82, 2.24) is 0 Å². The van der Waals surface area contributed by atoms with Crippen molar-refractivity contribution in [3.8, 4) is 10.4 Å². The summed E-state index contributed by atoms with van der Waals surface area (Å²) >= 11 is 1.78. The quantitative estimate of drug-likeness (QED) is 0.647. The van der Waals surface area contributed by atoms with Gasteiger partial charge in [0.1, 0.15) is 5.69 Å². The molecule has 0 saturated heterocycles. The molecule has 0 unspecified atom stereocenters. The van der Waals surface area contributed by atoms with Gasteiger partial charge >= 0.3 is 0 Å². The molecule has 0 aliphatic heterocycles. The van der Waals surface area contributed by atoms with Crippen LogP contribution >= 0.6 is 11.3 Å². The van der Waals surface area contributed by atoms with Crippen LogP contribution in [0.2, 0.25) is 0 Å². The van der Waals surface area contributed by atoms with Crippen molar-refractivity contribution in [1.29, 1.82) is 0 Å². The van der Waals surface area contributed by atoms with Crippen LogP contribution < -0.4 is 4.90 Å². The predicted octanol–water partition coefficient (Wildman–Crippen LogP) is 5.14. The van der Waals surface area contributed by atoms with Gasteiger partial charge in [-0.25, -0.2) is 0 Å². The highest BCUT2D eigenvalue weighted by molar-refractivity contribution is 7.19. The van der Waals surface area contributed by atoms with Crippen LogP contribution in [-0.4, -0.2) is 7.05 Å². The van der Waals surface area contributed by atoms with E-state index >= 15 is 0 Å². The first-order chi connectivity index (χ1) is 11.3. The average Bonchev–Trinajstić information content (AvgIpc) is 3.11. The molecule has 1 aliphatic carbocycles. The molecule has 1 nitrogen and oxygen atoms in total. The van der Waals surface area contributed by atoms with Gasteiger partial charge < -0.3 is 4.90 Å². The summed E-state index contributed by atoms with van der Waals surface area (Å²) < 4.78 is 0. The van der Waals surface area contributed by atoms with E-state index in [9.17, 15) is 0 Å². The van der Waals surface area contributed by atoms with Crippen LogP contribution in [0.25, 0.3) is 16.5 Å². The molecule has 1 heterocycles. The molecule has 23 heavy (non-hydrogen) atoms. The van der Waals surface area contributed by atoms with Crippen molar-refractivity contribution in [3.63, 3.8) is 0 Å². The summed E-state index contributed by atoms with van der Waals surface area (Å²) in [5, 5.41) is 1.15. The fourth-order valence-corrected chi connectivity index (χ4v) is 3.87. The maximum Gasteiger partial charge on any atom is 0.111 e. The lowest BCUT2D eigenvalue weighted by Crippen LogP contribution is -2.06. The highest BCUT2D eigenvalue weighted by atomic mass is 32.1. The SMILES string of the molecule is CN(c1[c]c#cc#c1)c1ccc(-c2cccc3c2C=CCC3)s1. The number of rotatable bonds is 3. The second-order valence-electron chi connectivity index (χ2n) is 5.49. The Morgan fingerprint density at radius 3 is 2.91 bits per heavy atom. The van der Waals surface area contributed by atoms with Crippen molar-refractivity contribution in [2.75, 3.05) is 11.9 Å². The van der Waals surface area contributed by atoms with Gasteiger partial charge in [-0.1, -0.05) is 30.4 Å². The molecule has 2 aromatic carbocycles. The van der Waals surface area contributed by atoms with Gasteiger partial charge in [0.2, 0.25) is 0 Å². The number of hydrogen-bond acceptors (Lipinski definition) is 2. The molecule has 0 saturated carbocycles. The Kier molecular flexibility index (Phi) is 3.54. The smallest absolute Gasteiger partial charge is 0.111 e. The fourth-order valence-electron chi connectivity index (χ4n) is 2.86. The lowest BCUT2D eigenvalue weighted by molar-refractivity contribution is 0.987. The molecule has 0 N–H and O–H groups in total. The van der Waals surface area contributed by atoms with Gasteiger partial charge in [-0.15, -0.1) is 11.3 Å². The minimum Gasteiger partial charge on any atom is -0.328 e. The van der Waals surface area contributed by atoms with Crippen molar-refractivity contribution in [3.05, 3.63) is 77.9 Å². The molecule has 1 aliphatic rings. The second kappa shape index (κ2) is 5.84. The number of aryl methyl sites for hydroxylation is 1. The highest BCUT2D eigenvalue weighted by Crippen LogP contribution is 2.39. The molecule has 4 rings (SSSR count). The first-order valence-electron chi connectivity index (χ1n) is 7.59. The minimum absolute atomic E-state index is 0.826.